The van der Waals surface area contributed by atoms with Crippen molar-refractivity contribution in [3.63, 3.8) is 0 Å². The molecule has 0 amide bonds. The fourth-order valence-corrected chi connectivity index (χ4v) is 2.47. The lowest BCUT2D eigenvalue weighted by molar-refractivity contribution is -0.170. The number of ether oxygens (including phenoxy) is 1. The minimum atomic E-state index is -0.358. The van der Waals surface area contributed by atoms with E-state index in [1.54, 1.807) is 6.92 Å². The summed E-state index contributed by atoms with van der Waals surface area (Å²) in [5.74, 6) is -0.249. The third kappa shape index (κ3) is 3.34. The van der Waals surface area contributed by atoms with Crippen molar-refractivity contribution in [1.82, 2.24) is 0 Å². The van der Waals surface area contributed by atoms with Gasteiger partial charge in [-0.25, -0.2) is 4.79 Å². The van der Waals surface area contributed by atoms with E-state index in [0.29, 0.717) is 5.57 Å². The van der Waals surface area contributed by atoms with Crippen molar-refractivity contribution < 1.29 is 9.53 Å². The van der Waals surface area contributed by atoms with E-state index in [1.165, 1.54) is 19.3 Å². The standard InChI is InChI=1S/C15H26O2/c1-12(2)13(16)17-15(5)11-9-7-6-8-10-14(15,3)4/h1,6-11H2,2-5H3. The average molecular weight is 238 g/mol. The highest BCUT2D eigenvalue weighted by atomic mass is 16.6. The molecule has 0 saturated heterocycles. The maximum atomic E-state index is 11.8. The van der Waals surface area contributed by atoms with Gasteiger partial charge >= 0.3 is 5.97 Å². The Morgan fingerprint density at radius 2 is 1.59 bits per heavy atom. The summed E-state index contributed by atoms with van der Waals surface area (Å²) in [6.07, 6.45) is 6.99. The van der Waals surface area contributed by atoms with Crippen LogP contribution in [0.2, 0.25) is 0 Å². The number of carbonyl (C=O) groups is 1. The first kappa shape index (κ1) is 14.3. The molecule has 0 radical (unpaired) electrons. The van der Waals surface area contributed by atoms with Crippen molar-refractivity contribution in [2.24, 2.45) is 5.41 Å². The Bertz CT molecular complexity index is 304. The molecule has 1 aliphatic rings. The summed E-state index contributed by atoms with van der Waals surface area (Å²) in [5, 5.41) is 0. The Morgan fingerprint density at radius 3 is 2.12 bits per heavy atom. The van der Waals surface area contributed by atoms with Gasteiger partial charge in [0, 0.05) is 11.0 Å². The molecule has 2 heteroatoms. The topological polar surface area (TPSA) is 26.3 Å². The van der Waals surface area contributed by atoms with E-state index >= 15 is 0 Å². The van der Waals surface area contributed by atoms with Crippen molar-refractivity contribution >= 4 is 5.97 Å². The largest absolute Gasteiger partial charge is 0.455 e. The molecule has 17 heavy (non-hydrogen) atoms. The van der Waals surface area contributed by atoms with E-state index in [2.05, 4.69) is 27.4 Å². The first-order chi connectivity index (χ1) is 7.78. The molecule has 2 nitrogen and oxygen atoms in total. The van der Waals surface area contributed by atoms with Gasteiger partial charge < -0.3 is 4.74 Å². The Morgan fingerprint density at radius 1 is 1.06 bits per heavy atom. The quantitative estimate of drug-likeness (QED) is 0.531. The fourth-order valence-electron chi connectivity index (χ4n) is 2.47. The lowest BCUT2D eigenvalue weighted by atomic mass is 9.68. The highest BCUT2D eigenvalue weighted by Gasteiger charge is 2.44. The maximum Gasteiger partial charge on any atom is 0.333 e. The van der Waals surface area contributed by atoms with Gasteiger partial charge in [-0.2, -0.15) is 0 Å². The van der Waals surface area contributed by atoms with Crippen LogP contribution in [-0.2, 0) is 9.53 Å². The van der Waals surface area contributed by atoms with E-state index in [9.17, 15) is 4.79 Å². The van der Waals surface area contributed by atoms with Crippen LogP contribution in [0.25, 0.3) is 0 Å². The molecule has 1 aliphatic carbocycles. The zero-order valence-corrected chi connectivity index (χ0v) is 11.8. The van der Waals surface area contributed by atoms with E-state index in [1.807, 2.05) is 0 Å². The summed E-state index contributed by atoms with van der Waals surface area (Å²) >= 11 is 0. The van der Waals surface area contributed by atoms with Crippen LogP contribution >= 0.6 is 0 Å². The number of hydrogen-bond acceptors (Lipinski definition) is 2. The molecule has 98 valence electrons. The predicted molar refractivity (Wildman–Crippen MR) is 70.8 cm³/mol. The molecule has 0 spiro atoms. The number of hydrogen-bond donors (Lipinski definition) is 0. The molecule has 1 fully saturated rings. The van der Waals surface area contributed by atoms with Crippen molar-refractivity contribution in [2.75, 3.05) is 0 Å². The highest BCUT2D eigenvalue weighted by molar-refractivity contribution is 5.87. The second kappa shape index (κ2) is 5.24. The van der Waals surface area contributed by atoms with Crippen molar-refractivity contribution in [2.45, 2.75) is 71.8 Å². The van der Waals surface area contributed by atoms with Gasteiger partial charge in [0.05, 0.1) is 0 Å². The molecular weight excluding hydrogens is 212 g/mol. The fraction of sp³-hybridized carbons (Fsp3) is 0.800. The van der Waals surface area contributed by atoms with Crippen molar-refractivity contribution in [1.29, 1.82) is 0 Å². The second-order valence-electron chi connectivity index (χ2n) is 6.20. The van der Waals surface area contributed by atoms with Crippen LogP contribution in [0.15, 0.2) is 12.2 Å². The zero-order valence-electron chi connectivity index (χ0n) is 11.8. The zero-order chi connectivity index (χ0) is 13.1. The summed E-state index contributed by atoms with van der Waals surface area (Å²) in [5.41, 5.74) is 0.172. The molecule has 0 aromatic carbocycles. The van der Waals surface area contributed by atoms with Crippen LogP contribution in [0.4, 0.5) is 0 Å². The van der Waals surface area contributed by atoms with Crippen LogP contribution in [-0.4, -0.2) is 11.6 Å². The lowest BCUT2D eigenvalue weighted by Crippen LogP contribution is -2.46. The summed E-state index contributed by atoms with van der Waals surface area (Å²) < 4.78 is 5.75. The average Bonchev–Trinajstić information content (AvgIpc) is 2.21. The molecular formula is C15H26O2. The van der Waals surface area contributed by atoms with Crippen molar-refractivity contribution in [3.8, 4) is 0 Å². The van der Waals surface area contributed by atoms with Gasteiger partial charge in [-0.15, -0.1) is 0 Å². The maximum absolute atomic E-state index is 11.8. The first-order valence-electron chi connectivity index (χ1n) is 6.67. The normalized spacial score (nSPS) is 28.9. The Kier molecular flexibility index (Phi) is 4.40. The monoisotopic (exact) mass is 238 g/mol. The third-order valence-corrected chi connectivity index (χ3v) is 4.30. The van der Waals surface area contributed by atoms with Gasteiger partial charge in [0.1, 0.15) is 5.60 Å². The summed E-state index contributed by atoms with van der Waals surface area (Å²) in [7, 11) is 0. The van der Waals surface area contributed by atoms with Crippen LogP contribution in [0, 0.1) is 5.41 Å². The molecule has 0 bridgehead atoms. The summed E-state index contributed by atoms with van der Waals surface area (Å²) in [4.78, 5) is 11.8. The summed E-state index contributed by atoms with van der Waals surface area (Å²) in [6, 6.07) is 0. The molecule has 0 heterocycles. The van der Waals surface area contributed by atoms with Crippen molar-refractivity contribution in [3.05, 3.63) is 12.2 Å². The molecule has 1 atom stereocenters. The Labute approximate surface area is 105 Å². The van der Waals surface area contributed by atoms with E-state index in [4.69, 9.17) is 4.74 Å². The Hall–Kier alpha value is -0.790. The van der Waals surface area contributed by atoms with E-state index < -0.39 is 0 Å². The van der Waals surface area contributed by atoms with Crippen LogP contribution in [0.1, 0.15) is 66.2 Å². The first-order valence-corrected chi connectivity index (χ1v) is 6.67. The molecule has 1 saturated carbocycles. The van der Waals surface area contributed by atoms with Crippen LogP contribution in [0.5, 0.6) is 0 Å². The Balaban J connectivity index is 2.85. The molecule has 0 N–H and O–H groups in total. The molecule has 0 aliphatic heterocycles. The van der Waals surface area contributed by atoms with Gasteiger partial charge in [-0.05, 0) is 33.1 Å². The van der Waals surface area contributed by atoms with E-state index in [0.717, 1.165) is 19.3 Å². The third-order valence-electron chi connectivity index (χ3n) is 4.30. The van der Waals surface area contributed by atoms with E-state index in [-0.39, 0.29) is 17.0 Å². The van der Waals surface area contributed by atoms with Crippen LogP contribution < -0.4 is 0 Å². The SMILES string of the molecule is C=C(C)C(=O)OC1(C)CCCCCCC1(C)C. The molecule has 1 unspecified atom stereocenters. The minimum absolute atomic E-state index is 0.0402. The predicted octanol–water partition coefficient (Wildman–Crippen LogP) is 4.24. The lowest BCUT2D eigenvalue weighted by Gasteiger charge is -2.45. The number of esters is 1. The number of rotatable bonds is 2. The molecule has 0 aromatic rings. The molecule has 1 rings (SSSR count). The summed E-state index contributed by atoms with van der Waals surface area (Å²) in [6.45, 7) is 11.9. The number of carbonyl (C=O) groups excluding carboxylic acids is 1. The minimum Gasteiger partial charge on any atom is -0.455 e. The van der Waals surface area contributed by atoms with Gasteiger partial charge in [0.15, 0.2) is 0 Å². The van der Waals surface area contributed by atoms with Gasteiger partial charge in [0.2, 0.25) is 0 Å². The van der Waals surface area contributed by atoms with Gasteiger partial charge in [-0.1, -0.05) is 39.7 Å². The highest BCUT2D eigenvalue weighted by Crippen LogP contribution is 2.44. The smallest absolute Gasteiger partial charge is 0.333 e. The van der Waals surface area contributed by atoms with Crippen LogP contribution in [0.3, 0.4) is 0 Å². The van der Waals surface area contributed by atoms with Gasteiger partial charge in [0.25, 0.3) is 0 Å². The molecule has 0 aromatic heterocycles. The second-order valence-corrected chi connectivity index (χ2v) is 6.20. The van der Waals surface area contributed by atoms with Gasteiger partial charge in [-0.3, -0.25) is 0 Å².